The fourth-order valence-electron chi connectivity index (χ4n) is 5.87. The molecule has 0 saturated carbocycles. The molecule has 4 atom stereocenters. The van der Waals surface area contributed by atoms with Crippen molar-refractivity contribution in [3.05, 3.63) is 95.6 Å². The van der Waals surface area contributed by atoms with Gasteiger partial charge in [-0.3, -0.25) is 24.0 Å². The fourth-order valence-corrected chi connectivity index (χ4v) is 5.87. The van der Waals surface area contributed by atoms with E-state index in [9.17, 15) is 29.1 Å². The third kappa shape index (κ3) is 11.6. The zero-order valence-electron chi connectivity index (χ0n) is 29.9. The SMILES string of the molecule is COc1ccccc1C(=O)NCCCC[C@@H]1NC(=O)[C@H](CC(C)C)NC(=O)[C@H](CO)NC(=O)c2ccccc2OC[C@H](Cc2ccccc2)NC1=O. The minimum absolute atomic E-state index is 0.0134. The molecule has 3 aromatic carbocycles. The van der Waals surface area contributed by atoms with Gasteiger partial charge in [-0.1, -0.05) is 68.4 Å². The average Bonchev–Trinajstić information content (AvgIpc) is 3.14. The number of methoxy groups -OCH3 is 1. The zero-order valence-corrected chi connectivity index (χ0v) is 29.9. The van der Waals surface area contributed by atoms with Crippen LogP contribution < -0.4 is 36.1 Å². The Hall–Kier alpha value is -5.43. The molecule has 1 heterocycles. The maximum atomic E-state index is 14.0. The molecule has 52 heavy (non-hydrogen) atoms. The molecule has 1 aliphatic heterocycles. The number of benzene rings is 3. The van der Waals surface area contributed by atoms with E-state index in [-0.39, 0.29) is 42.6 Å². The smallest absolute Gasteiger partial charge is 0.255 e. The van der Waals surface area contributed by atoms with Gasteiger partial charge < -0.3 is 41.2 Å². The van der Waals surface area contributed by atoms with Gasteiger partial charge in [0.25, 0.3) is 11.8 Å². The minimum atomic E-state index is -1.35. The number of carbonyl (C=O) groups excluding carboxylic acids is 5. The second kappa shape index (κ2) is 19.8. The average molecular weight is 716 g/mol. The first-order valence-corrected chi connectivity index (χ1v) is 17.6. The highest BCUT2D eigenvalue weighted by atomic mass is 16.5. The summed E-state index contributed by atoms with van der Waals surface area (Å²) in [6.45, 7) is 3.37. The predicted molar refractivity (Wildman–Crippen MR) is 195 cm³/mol. The van der Waals surface area contributed by atoms with Crippen molar-refractivity contribution in [3.8, 4) is 11.5 Å². The lowest BCUT2D eigenvalue weighted by Crippen LogP contribution is -2.58. The molecule has 6 N–H and O–H groups in total. The fraction of sp³-hybridized carbons (Fsp3) is 0.410. The molecule has 13 nitrogen and oxygen atoms in total. The van der Waals surface area contributed by atoms with Crippen molar-refractivity contribution in [3.63, 3.8) is 0 Å². The van der Waals surface area contributed by atoms with Crippen molar-refractivity contribution in [2.24, 2.45) is 5.92 Å². The van der Waals surface area contributed by atoms with Crippen LogP contribution in [0.1, 0.15) is 65.8 Å². The van der Waals surface area contributed by atoms with Crippen LogP contribution in [0.2, 0.25) is 0 Å². The normalized spacial score (nSPS) is 20.0. The summed E-state index contributed by atoms with van der Waals surface area (Å²) in [4.78, 5) is 67.2. The first kappa shape index (κ1) is 39.4. The number of amides is 5. The van der Waals surface area contributed by atoms with Gasteiger partial charge in [0.15, 0.2) is 0 Å². The molecular weight excluding hydrogens is 666 g/mol. The summed E-state index contributed by atoms with van der Waals surface area (Å²) < 4.78 is 11.4. The largest absolute Gasteiger partial charge is 0.496 e. The van der Waals surface area contributed by atoms with Crippen LogP contribution in [-0.4, -0.2) is 85.7 Å². The second-order valence-corrected chi connectivity index (χ2v) is 13.1. The molecule has 0 radical (unpaired) electrons. The molecule has 5 amide bonds. The molecular formula is C39H49N5O8. The van der Waals surface area contributed by atoms with Crippen LogP contribution in [0.25, 0.3) is 0 Å². The van der Waals surface area contributed by atoms with Crippen molar-refractivity contribution in [2.45, 2.75) is 70.1 Å². The number of aliphatic hydroxyl groups is 1. The topological polar surface area (TPSA) is 184 Å². The zero-order chi connectivity index (χ0) is 37.5. The molecule has 0 aliphatic carbocycles. The Morgan fingerprint density at radius 3 is 2.21 bits per heavy atom. The van der Waals surface area contributed by atoms with Crippen molar-refractivity contribution in [2.75, 3.05) is 26.9 Å². The van der Waals surface area contributed by atoms with E-state index >= 15 is 0 Å². The van der Waals surface area contributed by atoms with E-state index in [1.54, 1.807) is 42.5 Å². The molecule has 278 valence electrons. The van der Waals surface area contributed by atoms with Crippen molar-refractivity contribution >= 4 is 29.5 Å². The summed E-state index contributed by atoms with van der Waals surface area (Å²) in [5.74, 6) is -2.06. The Bertz CT molecular complexity index is 1670. The standard InChI is InChI=1S/C39H49N5O8/c1-25(2)21-31-38(49)42-30(17-11-12-20-40-35(46)28-15-7-9-18-33(28)51-3)37(48)41-27(22-26-13-5-4-6-14-26)24-52-34-19-10-8-16-29(34)36(47)44-32(23-45)39(50)43-31/h4-10,13-16,18-19,25,27,30-32,45H,11-12,17,20-24H2,1-3H3,(H,40,46)(H,41,48)(H,42,49)(H,43,50)(H,44,47)/t27-,30-,31-,32-/m0/s1. The number of rotatable bonds is 12. The maximum absolute atomic E-state index is 14.0. The molecule has 0 fully saturated rings. The van der Waals surface area contributed by atoms with Crippen LogP contribution >= 0.6 is 0 Å². The first-order valence-electron chi connectivity index (χ1n) is 17.6. The van der Waals surface area contributed by atoms with Gasteiger partial charge in [-0.25, -0.2) is 0 Å². The lowest BCUT2D eigenvalue weighted by molar-refractivity contribution is -0.133. The second-order valence-electron chi connectivity index (χ2n) is 13.1. The van der Waals surface area contributed by atoms with Gasteiger partial charge in [0, 0.05) is 6.54 Å². The number of hydrogen-bond acceptors (Lipinski definition) is 8. The van der Waals surface area contributed by atoms with Crippen LogP contribution in [0.3, 0.4) is 0 Å². The Morgan fingerprint density at radius 2 is 1.48 bits per heavy atom. The molecule has 1 aliphatic rings. The van der Waals surface area contributed by atoms with Gasteiger partial charge in [-0.15, -0.1) is 0 Å². The Labute approximate surface area is 304 Å². The molecule has 0 saturated heterocycles. The molecule has 3 aromatic rings. The number of aliphatic hydroxyl groups excluding tert-OH is 1. The maximum Gasteiger partial charge on any atom is 0.255 e. The third-order valence-electron chi connectivity index (χ3n) is 8.58. The van der Waals surface area contributed by atoms with Gasteiger partial charge in [-0.05, 0) is 67.9 Å². The summed E-state index contributed by atoms with van der Waals surface area (Å²) >= 11 is 0. The van der Waals surface area contributed by atoms with Gasteiger partial charge in [0.2, 0.25) is 17.7 Å². The number of unbranched alkanes of at least 4 members (excludes halogenated alkanes) is 1. The Kier molecular flexibility index (Phi) is 15.0. The lowest BCUT2D eigenvalue weighted by Gasteiger charge is -2.28. The third-order valence-corrected chi connectivity index (χ3v) is 8.58. The number of carbonyl (C=O) groups is 5. The van der Waals surface area contributed by atoms with E-state index in [4.69, 9.17) is 9.47 Å². The van der Waals surface area contributed by atoms with Crippen LogP contribution in [0.5, 0.6) is 11.5 Å². The van der Waals surface area contributed by atoms with E-state index in [0.29, 0.717) is 37.1 Å². The monoisotopic (exact) mass is 715 g/mol. The number of hydrogen-bond donors (Lipinski definition) is 6. The predicted octanol–water partition coefficient (Wildman–Crippen LogP) is 2.52. The summed E-state index contributed by atoms with van der Waals surface area (Å²) in [6.07, 6.45) is 1.85. The number of para-hydroxylation sites is 2. The van der Waals surface area contributed by atoms with Crippen LogP contribution in [0, 0.1) is 5.92 Å². The van der Waals surface area contributed by atoms with Gasteiger partial charge in [0.05, 0.1) is 30.9 Å². The summed E-state index contributed by atoms with van der Waals surface area (Å²) in [5, 5.41) is 24.1. The quantitative estimate of drug-likeness (QED) is 0.155. The van der Waals surface area contributed by atoms with Crippen molar-refractivity contribution in [1.29, 1.82) is 0 Å². The molecule has 4 rings (SSSR count). The number of nitrogens with one attached hydrogen (secondary N) is 5. The van der Waals surface area contributed by atoms with E-state index in [0.717, 1.165) is 5.56 Å². The lowest BCUT2D eigenvalue weighted by atomic mass is 10.0. The van der Waals surface area contributed by atoms with E-state index in [1.807, 2.05) is 44.2 Å². The van der Waals surface area contributed by atoms with Crippen LogP contribution in [0.4, 0.5) is 0 Å². The molecule has 0 spiro atoms. The molecule has 0 unspecified atom stereocenters. The Morgan fingerprint density at radius 1 is 0.827 bits per heavy atom. The summed E-state index contributed by atoms with van der Waals surface area (Å²) in [6, 6.07) is 19.0. The Balaban J connectivity index is 1.58. The number of fused-ring (bicyclic) bond motifs is 1. The van der Waals surface area contributed by atoms with E-state index in [2.05, 4.69) is 26.6 Å². The van der Waals surface area contributed by atoms with Gasteiger partial charge >= 0.3 is 0 Å². The van der Waals surface area contributed by atoms with Crippen molar-refractivity contribution < 1.29 is 38.6 Å². The van der Waals surface area contributed by atoms with E-state index < -0.39 is 54.4 Å². The minimum Gasteiger partial charge on any atom is -0.496 e. The molecule has 0 aromatic heterocycles. The molecule has 13 heteroatoms. The highest BCUT2D eigenvalue weighted by Crippen LogP contribution is 2.20. The number of ether oxygens (including phenoxy) is 2. The van der Waals surface area contributed by atoms with Crippen LogP contribution in [0.15, 0.2) is 78.9 Å². The van der Waals surface area contributed by atoms with Gasteiger partial charge in [0.1, 0.15) is 36.2 Å². The van der Waals surface area contributed by atoms with Crippen LogP contribution in [-0.2, 0) is 20.8 Å². The highest BCUT2D eigenvalue weighted by molar-refractivity contribution is 6.00. The van der Waals surface area contributed by atoms with E-state index in [1.165, 1.54) is 13.2 Å². The summed E-state index contributed by atoms with van der Waals surface area (Å²) in [5.41, 5.74) is 1.48. The summed E-state index contributed by atoms with van der Waals surface area (Å²) in [7, 11) is 1.50. The van der Waals surface area contributed by atoms with Crippen molar-refractivity contribution in [1.82, 2.24) is 26.6 Å². The molecule has 0 bridgehead atoms. The van der Waals surface area contributed by atoms with Gasteiger partial charge in [-0.2, -0.15) is 0 Å². The first-order chi connectivity index (χ1) is 25.1. The highest BCUT2D eigenvalue weighted by Gasteiger charge is 2.31.